The quantitative estimate of drug-likeness (QED) is 0.162. The van der Waals surface area contributed by atoms with Crippen LogP contribution in [0.2, 0.25) is 0 Å². The molecule has 11 rings (SSSR count). The second kappa shape index (κ2) is 14.3. The van der Waals surface area contributed by atoms with Crippen molar-refractivity contribution < 1.29 is 25.8 Å². The molecule has 10 aromatic rings. The minimum atomic E-state index is 0. The van der Waals surface area contributed by atoms with Gasteiger partial charge in [-0.05, 0) is 70.8 Å². The number of para-hydroxylation sites is 2. The number of rotatable bonds is 5. The molecule has 278 valence electrons. The number of hydrogen-bond acceptors (Lipinski definition) is 3. The molecule has 0 bridgehead atoms. The number of ether oxygens (including phenoxy) is 1. The zero-order chi connectivity index (χ0) is 38.0. The van der Waals surface area contributed by atoms with E-state index in [9.17, 15) is 0 Å². The fourth-order valence-corrected chi connectivity index (χ4v) is 8.63. The van der Waals surface area contributed by atoms with Crippen LogP contribution in [0.15, 0.2) is 170 Å². The number of pyridine rings is 1. The molecule has 3 heterocycles. The molecule has 0 spiro atoms. The molecular weight excluding hydrogens is 892 g/mol. The summed E-state index contributed by atoms with van der Waals surface area (Å²) < 4.78 is 11.1. The standard InChI is InChI=1S/C52H34N4O.Pt/c1-33-15-13-16-34(2)50(33)56-51-45-25-8-6-22-41(45)39-20-4-3-19-38(39)40-21-5-7-24-44(40)49(51)54-52(56)35-17-14-18-36(31-35)57-37-28-29-43-42-23-9-10-26-46(42)55(47(43)32-37)48-27-11-12-30-53-48;/h3-30H,1-2H3;/q-2;+2. The van der Waals surface area contributed by atoms with E-state index in [4.69, 9.17) is 14.7 Å². The molecule has 0 saturated heterocycles. The summed E-state index contributed by atoms with van der Waals surface area (Å²) in [7, 11) is 0. The van der Waals surface area contributed by atoms with Crippen LogP contribution in [0.4, 0.5) is 0 Å². The van der Waals surface area contributed by atoms with Gasteiger partial charge in [0.25, 0.3) is 0 Å². The van der Waals surface area contributed by atoms with Gasteiger partial charge in [0.2, 0.25) is 0 Å². The Morgan fingerprint density at radius 1 is 0.500 bits per heavy atom. The average molecular weight is 926 g/mol. The van der Waals surface area contributed by atoms with Gasteiger partial charge in [-0.3, -0.25) is 4.98 Å². The van der Waals surface area contributed by atoms with E-state index in [1.165, 1.54) is 11.1 Å². The Balaban J connectivity index is 0.00000408. The van der Waals surface area contributed by atoms with Crippen LogP contribution in [0, 0.1) is 26.0 Å². The van der Waals surface area contributed by atoms with Crippen LogP contribution in [-0.2, 0) is 21.1 Å². The molecule has 0 saturated carbocycles. The first-order valence-electron chi connectivity index (χ1n) is 19.2. The Labute approximate surface area is 351 Å². The number of nitrogens with zero attached hydrogens (tertiary/aromatic N) is 4. The second-order valence-corrected chi connectivity index (χ2v) is 14.5. The van der Waals surface area contributed by atoms with Crippen LogP contribution < -0.4 is 4.74 Å². The van der Waals surface area contributed by atoms with Crippen LogP contribution in [0.5, 0.6) is 11.5 Å². The number of fused-ring (bicyclic) bond motifs is 11. The van der Waals surface area contributed by atoms with Crippen LogP contribution in [-0.4, -0.2) is 19.1 Å². The van der Waals surface area contributed by atoms with Gasteiger partial charge >= 0.3 is 21.1 Å². The molecule has 0 aliphatic heterocycles. The van der Waals surface area contributed by atoms with Crippen molar-refractivity contribution in [1.82, 2.24) is 19.1 Å². The Bertz CT molecular complexity index is 3180. The largest absolute Gasteiger partial charge is 2.00 e. The molecule has 0 fully saturated rings. The van der Waals surface area contributed by atoms with Gasteiger partial charge < -0.3 is 13.9 Å². The molecule has 3 aromatic heterocycles. The SMILES string of the molecule is Cc1cccc(C)c1-n1c(-c2[c-]c(Oc3[c-]c4c(cc3)c3ccccc3n4-c3ccccn3)ccc2)nc2c1-c1ccccc1-c1ccccc1-c1ccccc1-2.[Pt+2]. The summed E-state index contributed by atoms with van der Waals surface area (Å²) >= 11 is 0. The maximum atomic E-state index is 6.64. The van der Waals surface area contributed by atoms with E-state index in [-0.39, 0.29) is 21.1 Å². The third-order valence-electron chi connectivity index (χ3n) is 11.1. The molecule has 0 amide bonds. The van der Waals surface area contributed by atoms with Gasteiger partial charge in [-0.1, -0.05) is 127 Å². The Morgan fingerprint density at radius 3 is 1.83 bits per heavy atom. The van der Waals surface area contributed by atoms with Crippen molar-refractivity contribution in [2.45, 2.75) is 13.8 Å². The first kappa shape index (κ1) is 35.6. The summed E-state index contributed by atoms with van der Waals surface area (Å²) in [6.45, 7) is 4.35. The smallest absolute Gasteiger partial charge is 0.503 e. The van der Waals surface area contributed by atoms with Crippen LogP contribution in [0.1, 0.15) is 11.1 Å². The third-order valence-corrected chi connectivity index (χ3v) is 11.1. The Morgan fingerprint density at radius 2 is 1.10 bits per heavy atom. The van der Waals surface area contributed by atoms with Crippen molar-refractivity contribution in [3.63, 3.8) is 0 Å². The van der Waals surface area contributed by atoms with E-state index in [0.717, 1.165) is 89.5 Å². The van der Waals surface area contributed by atoms with Gasteiger partial charge in [0, 0.05) is 40.0 Å². The molecule has 0 atom stereocenters. The fourth-order valence-electron chi connectivity index (χ4n) is 8.63. The number of aromatic nitrogens is 4. The van der Waals surface area contributed by atoms with E-state index in [0.29, 0.717) is 11.5 Å². The average Bonchev–Trinajstić information content (AvgIpc) is 3.79. The van der Waals surface area contributed by atoms with E-state index >= 15 is 0 Å². The van der Waals surface area contributed by atoms with Crippen molar-refractivity contribution in [3.05, 3.63) is 193 Å². The van der Waals surface area contributed by atoms with Crippen molar-refractivity contribution in [2.75, 3.05) is 0 Å². The monoisotopic (exact) mass is 925 g/mol. The molecular formula is C52H34N4OPt. The number of benzene rings is 7. The van der Waals surface area contributed by atoms with E-state index in [1.807, 2.05) is 42.6 Å². The second-order valence-electron chi connectivity index (χ2n) is 14.5. The fraction of sp³-hybridized carbons (Fsp3) is 0.0385. The zero-order valence-corrected chi connectivity index (χ0v) is 34.0. The molecule has 1 aliphatic carbocycles. The van der Waals surface area contributed by atoms with Gasteiger partial charge in [-0.25, -0.2) is 4.98 Å². The Hall–Kier alpha value is -6.81. The molecule has 0 radical (unpaired) electrons. The van der Waals surface area contributed by atoms with Crippen molar-refractivity contribution in [2.24, 2.45) is 0 Å². The van der Waals surface area contributed by atoms with E-state index in [1.54, 1.807) is 0 Å². The number of aryl methyl sites for hydroxylation is 2. The minimum Gasteiger partial charge on any atom is -0.503 e. The predicted molar refractivity (Wildman–Crippen MR) is 230 cm³/mol. The summed E-state index contributed by atoms with van der Waals surface area (Å²) in [6, 6.07) is 64.2. The minimum absolute atomic E-state index is 0. The summed E-state index contributed by atoms with van der Waals surface area (Å²) in [5.74, 6) is 2.76. The maximum Gasteiger partial charge on any atom is 2.00 e. The van der Waals surface area contributed by atoms with Crippen molar-refractivity contribution in [1.29, 1.82) is 0 Å². The molecule has 58 heavy (non-hydrogen) atoms. The third kappa shape index (κ3) is 5.65. The van der Waals surface area contributed by atoms with E-state index < -0.39 is 0 Å². The molecule has 1 aliphatic rings. The topological polar surface area (TPSA) is 44.9 Å². The van der Waals surface area contributed by atoms with Crippen molar-refractivity contribution in [3.8, 4) is 79.2 Å². The first-order valence-corrected chi connectivity index (χ1v) is 19.2. The van der Waals surface area contributed by atoms with Crippen LogP contribution in [0.25, 0.3) is 89.5 Å². The van der Waals surface area contributed by atoms with Crippen molar-refractivity contribution >= 4 is 21.8 Å². The van der Waals surface area contributed by atoms with Gasteiger partial charge in [0.1, 0.15) is 5.82 Å². The molecule has 0 unspecified atom stereocenters. The molecule has 5 nitrogen and oxygen atoms in total. The molecule has 0 N–H and O–H groups in total. The number of imidazole rings is 1. The van der Waals surface area contributed by atoms with Gasteiger partial charge in [0.15, 0.2) is 0 Å². The van der Waals surface area contributed by atoms with Crippen LogP contribution >= 0.6 is 0 Å². The molecule has 6 heteroatoms. The van der Waals surface area contributed by atoms with E-state index in [2.05, 4.69) is 163 Å². The first-order chi connectivity index (χ1) is 28.1. The normalized spacial score (nSPS) is 11.5. The zero-order valence-electron chi connectivity index (χ0n) is 31.7. The molecule has 7 aromatic carbocycles. The maximum absolute atomic E-state index is 6.64. The van der Waals surface area contributed by atoms with Gasteiger partial charge in [0.05, 0.1) is 17.2 Å². The van der Waals surface area contributed by atoms with Crippen LogP contribution in [0.3, 0.4) is 0 Å². The Kier molecular flexibility index (Phi) is 8.77. The summed E-state index contributed by atoms with van der Waals surface area (Å²) in [6.07, 6.45) is 1.82. The summed E-state index contributed by atoms with van der Waals surface area (Å²) in [5.41, 5.74) is 15.1. The predicted octanol–water partition coefficient (Wildman–Crippen LogP) is 13.0. The van der Waals surface area contributed by atoms with Gasteiger partial charge in [-0.15, -0.1) is 41.3 Å². The number of hydrogen-bond donors (Lipinski definition) is 0. The van der Waals surface area contributed by atoms with Gasteiger partial charge in [-0.2, -0.15) is 6.07 Å². The summed E-state index contributed by atoms with van der Waals surface area (Å²) in [4.78, 5) is 10.3. The summed E-state index contributed by atoms with van der Waals surface area (Å²) in [5, 5.41) is 2.21.